The van der Waals surface area contributed by atoms with Crippen molar-refractivity contribution in [1.82, 2.24) is 9.66 Å². The van der Waals surface area contributed by atoms with Crippen molar-refractivity contribution < 1.29 is 9.53 Å². The zero-order valence-corrected chi connectivity index (χ0v) is 17.8. The number of rotatable bonds is 4. The summed E-state index contributed by atoms with van der Waals surface area (Å²) in [6.45, 7) is 0.0462. The van der Waals surface area contributed by atoms with Gasteiger partial charge in [-0.1, -0.05) is 25.3 Å². The normalized spacial score (nSPS) is 17.4. The van der Waals surface area contributed by atoms with Gasteiger partial charge in [0.25, 0.3) is 5.91 Å². The fourth-order valence-corrected chi connectivity index (χ4v) is 4.79. The Balaban J connectivity index is 1.57. The number of anilines is 1. The number of carbonyl (C=O) groups excluding carboxylic acids is 1. The molecule has 0 unspecified atom stereocenters. The number of ether oxygens (including phenoxy) is 1. The SMILES string of the molecule is O=C1COc2ccc(-c3csc(=NC4CCCCC4)n3N=Cc3cccnc3)cc2N1. The molecular weight excluding hydrogens is 410 g/mol. The van der Waals surface area contributed by atoms with Crippen LogP contribution in [0.2, 0.25) is 0 Å². The molecule has 8 heteroatoms. The van der Waals surface area contributed by atoms with Crippen LogP contribution < -0.4 is 14.9 Å². The highest BCUT2D eigenvalue weighted by atomic mass is 32.1. The van der Waals surface area contributed by atoms with Gasteiger partial charge in [0.1, 0.15) is 5.75 Å². The largest absolute Gasteiger partial charge is 0.482 e. The van der Waals surface area contributed by atoms with Gasteiger partial charge in [-0.05, 0) is 37.1 Å². The first-order chi connectivity index (χ1) is 15.3. The summed E-state index contributed by atoms with van der Waals surface area (Å²) in [7, 11) is 0. The Morgan fingerprint density at radius 3 is 2.97 bits per heavy atom. The van der Waals surface area contributed by atoms with E-state index in [1.54, 1.807) is 29.9 Å². The summed E-state index contributed by atoms with van der Waals surface area (Å²) in [4.78, 5) is 21.8. The highest BCUT2D eigenvalue weighted by Gasteiger charge is 2.18. The first-order valence-electron chi connectivity index (χ1n) is 10.5. The van der Waals surface area contributed by atoms with Crippen LogP contribution in [0, 0.1) is 0 Å². The summed E-state index contributed by atoms with van der Waals surface area (Å²) in [5, 5.41) is 9.70. The smallest absolute Gasteiger partial charge is 0.262 e. The number of fused-ring (bicyclic) bond motifs is 1. The second-order valence-electron chi connectivity index (χ2n) is 7.71. The molecule has 2 aromatic heterocycles. The number of carbonyl (C=O) groups is 1. The standard InChI is InChI=1S/C23H23N5O2S/c29-22-14-30-21-9-8-17(11-19(21)27-22)20-15-31-23(26-18-6-2-1-3-7-18)28(20)25-13-16-5-4-10-24-12-16/h4-5,8-13,15,18H,1-3,6-7,14H2,(H,27,29). The molecule has 0 bridgehead atoms. The second kappa shape index (κ2) is 8.85. The van der Waals surface area contributed by atoms with Gasteiger partial charge in [0, 0.05) is 28.9 Å². The van der Waals surface area contributed by atoms with E-state index in [9.17, 15) is 4.79 Å². The fraction of sp³-hybridized carbons (Fsp3) is 0.304. The van der Waals surface area contributed by atoms with Crippen LogP contribution in [-0.4, -0.2) is 34.4 Å². The highest BCUT2D eigenvalue weighted by molar-refractivity contribution is 7.07. The molecule has 0 saturated heterocycles. The molecule has 3 aromatic rings. The summed E-state index contributed by atoms with van der Waals surface area (Å²) >= 11 is 1.59. The molecule has 31 heavy (non-hydrogen) atoms. The van der Waals surface area contributed by atoms with Gasteiger partial charge in [0.2, 0.25) is 4.80 Å². The van der Waals surface area contributed by atoms with E-state index in [0.717, 1.165) is 34.5 Å². The van der Waals surface area contributed by atoms with Gasteiger partial charge in [-0.2, -0.15) is 5.10 Å². The molecule has 3 heterocycles. The van der Waals surface area contributed by atoms with E-state index < -0.39 is 0 Å². The maximum absolute atomic E-state index is 11.7. The summed E-state index contributed by atoms with van der Waals surface area (Å²) in [6, 6.07) is 9.99. The van der Waals surface area contributed by atoms with E-state index in [1.807, 2.05) is 35.0 Å². The molecule has 1 aliphatic heterocycles. The third-order valence-electron chi connectivity index (χ3n) is 5.47. The Kier molecular flexibility index (Phi) is 5.62. The number of hydrogen-bond acceptors (Lipinski definition) is 6. The Morgan fingerprint density at radius 1 is 1.23 bits per heavy atom. The van der Waals surface area contributed by atoms with Crippen molar-refractivity contribution in [2.45, 2.75) is 38.1 Å². The maximum atomic E-state index is 11.7. The van der Waals surface area contributed by atoms with Crippen molar-refractivity contribution in [3.63, 3.8) is 0 Å². The molecule has 0 atom stereocenters. The van der Waals surface area contributed by atoms with Crippen molar-refractivity contribution in [2.24, 2.45) is 10.1 Å². The summed E-state index contributed by atoms with van der Waals surface area (Å²) in [6.07, 6.45) is 11.3. The predicted molar refractivity (Wildman–Crippen MR) is 122 cm³/mol. The molecule has 5 rings (SSSR count). The highest BCUT2D eigenvalue weighted by Crippen LogP contribution is 2.33. The first kappa shape index (κ1) is 19.7. The van der Waals surface area contributed by atoms with Crippen LogP contribution in [0.1, 0.15) is 37.7 Å². The van der Waals surface area contributed by atoms with Crippen molar-refractivity contribution in [3.8, 4) is 17.0 Å². The van der Waals surface area contributed by atoms with Gasteiger partial charge in [-0.25, -0.2) is 4.68 Å². The fourth-order valence-electron chi connectivity index (χ4n) is 3.88. The first-order valence-corrected chi connectivity index (χ1v) is 11.4. The van der Waals surface area contributed by atoms with Gasteiger partial charge in [0.15, 0.2) is 6.61 Å². The molecule has 1 fully saturated rings. The summed E-state index contributed by atoms with van der Waals surface area (Å²) in [5.74, 6) is 0.529. The Bertz CT molecular complexity index is 1180. The zero-order valence-electron chi connectivity index (χ0n) is 17.0. The minimum atomic E-state index is -0.148. The van der Waals surface area contributed by atoms with Gasteiger partial charge in [0.05, 0.1) is 23.6 Å². The lowest BCUT2D eigenvalue weighted by atomic mass is 9.96. The van der Waals surface area contributed by atoms with E-state index in [0.29, 0.717) is 17.5 Å². The van der Waals surface area contributed by atoms with Crippen molar-refractivity contribution in [2.75, 3.05) is 11.9 Å². The Morgan fingerprint density at radius 2 is 2.13 bits per heavy atom. The van der Waals surface area contributed by atoms with Crippen LogP contribution in [0.5, 0.6) is 5.75 Å². The third kappa shape index (κ3) is 4.44. The lowest BCUT2D eigenvalue weighted by Crippen LogP contribution is -2.25. The van der Waals surface area contributed by atoms with Crippen LogP contribution in [0.3, 0.4) is 0 Å². The van der Waals surface area contributed by atoms with Gasteiger partial charge in [-0.3, -0.25) is 14.8 Å². The number of nitrogens with one attached hydrogen (secondary N) is 1. The van der Waals surface area contributed by atoms with Gasteiger partial charge in [-0.15, -0.1) is 11.3 Å². The maximum Gasteiger partial charge on any atom is 0.262 e. The molecule has 1 saturated carbocycles. The minimum absolute atomic E-state index is 0.0462. The number of benzene rings is 1. The second-order valence-corrected chi connectivity index (χ2v) is 8.55. The molecule has 1 aliphatic carbocycles. The van der Waals surface area contributed by atoms with Crippen LogP contribution in [-0.2, 0) is 4.79 Å². The molecular formula is C23H23N5O2S. The predicted octanol–water partition coefficient (Wildman–Crippen LogP) is 4.06. The lowest BCUT2D eigenvalue weighted by Gasteiger charge is -2.18. The van der Waals surface area contributed by atoms with E-state index >= 15 is 0 Å². The molecule has 1 N–H and O–H groups in total. The lowest BCUT2D eigenvalue weighted by molar-refractivity contribution is -0.118. The zero-order chi connectivity index (χ0) is 21.0. The summed E-state index contributed by atoms with van der Waals surface area (Å²) in [5.41, 5.74) is 3.45. The van der Waals surface area contributed by atoms with Crippen LogP contribution in [0.15, 0.2) is 58.2 Å². The number of amides is 1. The minimum Gasteiger partial charge on any atom is -0.482 e. The average Bonchev–Trinajstić information content (AvgIpc) is 3.21. The molecule has 158 valence electrons. The van der Waals surface area contributed by atoms with Crippen LogP contribution >= 0.6 is 11.3 Å². The van der Waals surface area contributed by atoms with Crippen LogP contribution in [0.25, 0.3) is 11.3 Å². The number of nitrogens with zero attached hydrogens (tertiary/aromatic N) is 4. The van der Waals surface area contributed by atoms with E-state index in [1.165, 1.54) is 19.3 Å². The van der Waals surface area contributed by atoms with E-state index in [-0.39, 0.29) is 12.5 Å². The van der Waals surface area contributed by atoms with Crippen molar-refractivity contribution in [1.29, 1.82) is 0 Å². The number of hydrogen-bond donors (Lipinski definition) is 1. The number of aromatic nitrogens is 2. The van der Waals surface area contributed by atoms with E-state index in [4.69, 9.17) is 14.8 Å². The summed E-state index contributed by atoms with van der Waals surface area (Å²) < 4.78 is 7.38. The molecule has 2 aliphatic rings. The van der Waals surface area contributed by atoms with Gasteiger partial charge < -0.3 is 10.1 Å². The molecule has 0 spiro atoms. The third-order valence-corrected chi connectivity index (χ3v) is 6.30. The van der Waals surface area contributed by atoms with Crippen molar-refractivity contribution in [3.05, 3.63) is 58.5 Å². The van der Waals surface area contributed by atoms with Crippen LogP contribution in [0.4, 0.5) is 5.69 Å². The molecule has 1 aromatic carbocycles. The Hall–Kier alpha value is -3.26. The van der Waals surface area contributed by atoms with Gasteiger partial charge >= 0.3 is 0 Å². The Labute approximate surface area is 184 Å². The monoisotopic (exact) mass is 433 g/mol. The van der Waals surface area contributed by atoms with E-state index in [2.05, 4.69) is 15.7 Å². The molecule has 0 radical (unpaired) electrons. The number of thiazole rings is 1. The topological polar surface area (TPSA) is 80.9 Å². The molecule has 1 amide bonds. The molecule has 7 nitrogen and oxygen atoms in total. The van der Waals surface area contributed by atoms with Crippen molar-refractivity contribution >= 4 is 29.1 Å². The quantitative estimate of drug-likeness (QED) is 0.630. The average molecular weight is 434 g/mol. The number of pyridine rings is 1.